The Bertz CT molecular complexity index is 610. The molecule has 0 aromatic heterocycles. The molecule has 1 saturated heterocycles. The smallest absolute Gasteiger partial charge is 0.331 e. The summed E-state index contributed by atoms with van der Waals surface area (Å²) in [6.45, 7) is 3.97. The Balaban J connectivity index is 2.29. The topological polar surface area (TPSA) is 72.5 Å². The summed E-state index contributed by atoms with van der Waals surface area (Å²) in [7, 11) is -3.05. The van der Waals surface area contributed by atoms with Gasteiger partial charge in [0.2, 0.25) is 0 Å². The van der Waals surface area contributed by atoms with Crippen molar-refractivity contribution in [3.8, 4) is 0 Å². The van der Waals surface area contributed by atoms with Gasteiger partial charge >= 0.3 is 5.97 Å². The molecule has 0 unspecified atom stereocenters. The molecule has 21 heavy (non-hydrogen) atoms. The van der Waals surface area contributed by atoms with Gasteiger partial charge in [0.25, 0.3) is 0 Å². The first kappa shape index (κ1) is 15.8. The predicted octanol–water partition coefficient (Wildman–Crippen LogP) is 1.92. The molecule has 1 aromatic rings. The lowest BCUT2D eigenvalue weighted by atomic mass is 9.91. The first-order valence-corrected chi connectivity index (χ1v) is 8.92. The number of sulfone groups is 1. The van der Waals surface area contributed by atoms with Gasteiger partial charge in [-0.1, -0.05) is 18.2 Å². The molecular weight excluding hydrogens is 290 g/mol. The van der Waals surface area contributed by atoms with Gasteiger partial charge in [0.05, 0.1) is 18.1 Å². The third kappa shape index (κ3) is 3.56. The Morgan fingerprint density at radius 3 is 2.48 bits per heavy atom. The maximum atomic E-state index is 12.4. The standard InChI is InChI=1S/C15H21NO4S/c1-3-20-14(17)15(8-10-21(18,19)11-9-15)16-13-7-5-4-6-12(13)2/h4-7,16H,3,8-11H2,1-2H3. The number of ether oxygens (including phenoxy) is 1. The molecule has 1 aliphatic rings. The normalized spacial score (nSPS) is 19.7. The molecule has 2 rings (SSSR count). The van der Waals surface area contributed by atoms with Crippen molar-refractivity contribution in [3.05, 3.63) is 29.8 Å². The molecule has 0 amide bonds. The van der Waals surface area contributed by atoms with E-state index in [1.165, 1.54) is 0 Å². The summed E-state index contributed by atoms with van der Waals surface area (Å²) in [5, 5.41) is 3.25. The van der Waals surface area contributed by atoms with Crippen LogP contribution in [0.5, 0.6) is 0 Å². The van der Waals surface area contributed by atoms with Crippen molar-refractivity contribution in [2.45, 2.75) is 32.2 Å². The van der Waals surface area contributed by atoms with Gasteiger partial charge in [0, 0.05) is 5.69 Å². The van der Waals surface area contributed by atoms with Crippen LogP contribution in [-0.4, -0.2) is 38.0 Å². The number of nitrogens with one attached hydrogen (secondary N) is 1. The fraction of sp³-hybridized carbons (Fsp3) is 0.533. The summed E-state index contributed by atoms with van der Waals surface area (Å²) < 4.78 is 28.5. The SMILES string of the molecule is CCOC(=O)C1(Nc2ccccc2C)CCS(=O)(=O)CC1. The van der Waals surface area contributed by atoms with Crippen LogP contribution in [0, 0.1) is 6.92 Å². The van der Waals surface area contributed by atoms with E-state index in [4.69, 9.17) is 4.74 Å². The van der Waals surface area contributed by atoms with E-state index in [1.807, 2.05) is 31.2 Å². The third-order valence-electron chi connectivity index (χ3n) is 3.86. The molecule has 0 atom stereocenters. The van der Waals surface area contributed by atoms with E-state index in [0.717, 1.165) is 11.3 Å². The zero-order valence-electron chi connectivity index (χ0n) is 12.4. The van der Waals surface area contributed by atoms with Gasteiger partial charge < -0.3 is 10.1 Å². The van der Waals surface area contributed by atoms with Crippen LogP contribution in [-0.2, 0) is 19.4 Å². The van der Waals surface area contributed by atoms with Crippen molar-refractivity contribution in [1.82, 2.24) is 0 Å². The fourth-order valence-corrected chi connectivity index (χ4v) is 4.03. The van der Waals surface area contributed by atoms with Crippen molar-refractivity contribution < 1.29 is 17.9 Å². The van der Waals surface area contributed by atoms with E-state index in [9.17, 15) is 13.2 Å². The zero-order chi connectivity index (χ0) is 15.5. The van der Waals surface area contributed by atoms with E-state index in [-0.39, 0.29) is 36.9 Å². The number of rotatable bonds is 4. The van der Waals surface area contributed by atoms with Gasteiger partial charge in [0.15, 0.2) is 9.84 Å². The second kappa shape index (κ2) is 6.05. The van der Waals surface area contributed by atoms with Crippen LogP contribution in [0.4, 0.5) is 5.69 Å². The van der Waals surface area contributed by atoms with Gasteiger partial charge in [-0.25, -0.2) is 13.2 Å². The lowest BCUT2D eigenvalue weighted by Crippen LogP contribution is -2.53. The van der Waals surface area contributed by atoms with E-state index in [1.54, 1.807) is 6.92 Å². The molecule has 0 aliphatic carbocycles. The van der Waals surface area contributed by atoms with E-state index in [2.05, 4.69) is 5.32 Å². The number of hydrogen-bond donors (Lipinski definition) is 1. The molecule has 116 valence electrons. The van der Waals surface area contributed by atoms with Crippen LogP contribution in [0.25, 0.3) is 0 Å². The zero-order valence-corrected chi connectivity index (χ0v) is 13.2. The quantitative estimate of drug-likeness (QED) is 0.860. The average Bonchev–Trinajstić information content (AvgIpc) is 2.44. The van der Waals surface area contributed by atoms with Crippen molar-refractivity contribution in [3.63, 3.8) is 0 Å². The minimum atomic E-state index is -3.05. The summed E-state index contributed by atoms with van der Waals surface area (Å²) in [5.41, 5.74) is 0.896. The minimum Gasteiger partial charge on any atom is -0.464 e. The second-order valence-electron chi connectivity index (χ2n) is 5.39. The van der Waals surface area contributed by atoms with E-state index in [0.29, 0.717) is 0 Å². The highest BCUT2D eigenvalue weighted by Crippen LogP contribution is 2.30. The maximum Gasteiger partial charge on any atom is 0.331 e. The van der Waals surface area contributed by atoms with Crippen LogP contribution in [0.3, 0.4) is 0 Å². The molecule has 0 radical (unpaired) electrons. The molecule has 1 aromatic carbocycles. The molecule has 1 fully saturated rings. The highest BCUT2D eigenvalue weighted by molar-refractivity contribution is 7.91. The molecule has 1 aliphatic heterocycles. The molecule has 0 bridgehead atoms. The number of anilines is 1. The van der Waals surface area contributed by atoms with Gasteiger partial charge in [-0.3, -0.25) is 0 Å². The Labute approximate surface area is 125 Å². The van der Waals surface area contributed by atoms with Crippen LogP contribution in [0.2, 0.25) is 0 Å². The molecular formula is C15H21NO4S. The number of carbonyl (C=O) groups is 1. The van der Waals surface area contributed by atoms with Crippen LogP contribution in [0.1, 0.15) is 25.3 Å². The van der Waals surface area contributed by atoms with Crippen LogP contribution >= 0.6 is 0 Å². The molecule has 1 N–H and O–H groups in total. The molecule has 5 nitrogen and oxygen atoms in total. The van der Waals surface area contributed by atoms with Crippen molar-refractivity contribution in [2.75, 3.05) is 23.4 Å². The summed E-state index contributed by atoms with van der Waals surface area (Å²) in [4.78, 5) is 12.4. The first-order chi connectivity index (χ1) is 9.88. The molecule has 0 saturated carbocycles. The highest BCUT2D eigenvalue weighted by atomic mass is 32.2. The number of esters is 1. The number of carbonyl (C=O) groups excluding carboxylic acids is 1. The average molecular weight is 311 g/mol. The Hall–Kier alpha value is -1.56. The van der Waals surface area contributed by atoms with E-state index < -0.39 is 15.4 Å². The van der Waals surface area contributed by atoms with Crippen LogP contribution in [0.15, 0.2) is 24.3 Å². The Morgan fingerprint density at radius 2 is 1.90 bits per heavy atom. The molecule has 6 heteroatoms. The van der Waals surface area contributed by atoms with Gasteiger partial charge in [-0.15, -0.1) is 0 Å². The van der Waals surface area contributed by atoms with Gasteiger partial charge in [-0.2, -0.15) is 0 Å². The highest BCUT2D eigenvalue weighted by Gasteiger charge is 2.45. The summed E-state index contributed by atoms with van der Waals surface area (Å²) >= 11 is 0. The minimum absolute atomic E-state index is 0.00466. The van der Waals surface area contributed by atoms with E-state index >= 15 is 0 Å². The lowest BCUT2D eigenvalue weighted by Gasteiger charge is -2.36. The Kier molecular flexibility index (Phi) is 4.56. The summed E-state index contributed by atoms with van der Waals surface area (Å²) in [6, 6.07) is 7.64. The maximum absolute atomic E-state index is 12.4. The first-order valence-electron chi connectivity index (χ1n) is 7.10. The second-order valence-corrected chi connectivity index (χ2v) is 7.70. The lowest BCUT2D eigenvalue weighted by molar-refractivity contribution is -0.148. The summed E-state index contributed by atoms with van der Waals surface area (Å²) in [6.07, 6.45) is 0.477. The Morgan fingerprint density at radius 1 is 1.29 bits per heavy atom. The number of benzene rings is 1. The van der Waals surface area contributed by atoms with Crippen LogP contribution < -0.4 is 5.32 Å². The number of para-hydroxylation sites is 1. The van der Waals surface area contributed by atoms with Crippen molar-refractivity contribution in [1.29, 1.82) is 0 Å². The fourth-order valence-electron chi connectivity index (χ4n) is 2.51. The number of hydrogen-bond acceptors (Lipinski definition) is 5. The number of aryl methyl sites for hydroxylation is 1. The van der Waals surface area contributed by atoms with Crippen molar-refractivity contribution >= 4 is 21.5 Å². The monoisotopic (exact) mass is 311 g/mol. The predicted molar refractivity (Wildman–Crippen MR) is 82.1 cm³/mol. The van der Waals surface area contributed by atoms with Gasteiger partial charge in [-0.05, 0) is 38.3 Å². The van der Waals surface area contributed by atoms with Gasteiger partial charge in [0.1, 0.15) is 5.54 Å². The summed E-state index contributed by atoms with van der Waals surface area (Å²) in [5.74, 6) is -0.363. The molecule has 0 spiro atoms. The third-order valence-corrected chi connectivity index (χ3v) is 5.52. The molecule has 1 heterocycles. The van der Waals surface area contributed by atoms with Crippen molar-refractivity contribution in [2.24, 2.45) is 0 Å². The largest absolute Gasteiger partial charge is 0.464 e.